The summed E-state index contributed by atoms with van der Waals surface area (Å²) in [7, 11) is 1.96. The van der Waals surface area contributed by atoms with Crippen molar-refractivity contribution in [2.45, 2.75) is 45.7 Å². The minimum atomic E-state index is 0.477. The fourth-order valence-electron chi connectivity index (χ4n) is 3.27. The summed E-state index contributed by atoms with van der Waals surface area (Å²) in [4.78, 5) is 7.02. The molecule has 1 saturated heterocycles. The van der Waals surface area contributed by atoms with Crippen molar-refractivity contribution in [3.8, 4) is 0 Å². The number of nitrogens with two attached hydrogens (primary N) is 1. The van der Waals surface area contributed by atoms with Gasteiger partial charge in [-0.15, -0.1) is 0 Å². The molecule has 20 heavy (non-hydrogen) atoms. The number of rotatable bonds is 3. The van der Waals surface area contributed by atoms with Crippen LogP contribution in [0.1, 0.15) is 31.9 Å². The van der Waals surface area contributed by atoms with Gasteiger partial charge in [-0.25, -0.2) is 4.98 Å². The van der Waals surface area contributed by atoms with E-state index >= 15 is 0 Å². The van der Waals surface area contributed by atoms with E-state index in [0.29, 0.717) is 12.0 Å². The zero-order valence-corrected chi connectivity index (χ0v) is 12.6. The second-order valence-corrected chi connectivity index (χ2v) is 5.91. The van der Waals surface area contributed by atoms with E-state index in [1.165, 1.54) is 32.4 Å². The number of imidazole rings is 1. The van der Waals surface area contributed by atoms with E-state index in [0.717, 1.165) is 23.4 Å². The van der Waals surface area contributed by atoms with Gasteiger partial charge in [-0.2, -0.15) is 5.10 Å². The molecule has 6 heteroatoms. The summed E-state index contributed by atoms with van der Waals surface area (Å²) in [5.74, 6) is 0.597. The molecule has 0 bridgehead atoms. The Morgan fingerprint density at radius 1 is 1.25 bits per heavy atom. The van der Waals surface area contributed by atoms with Crippen LogP contribution in [0.3, 0.4) is 0 Å². The van der Waals surface area contributed by atoms with Crippen LogP contribution >= 0.6 is 0 Å². The lowest BCUT2D eigenvalue weighted by molar-refractivity contribution is 0.161. The summed E-state index contributed by atoms with van der Waals surface area (Å²) in [6, 6.07) is 0.477. The monoisotopic (exact) mass is 276 g/mol. The first-order valence-corrected chi connectivity index (χ1v) is 7.47. The number of likely N-dealkylation sites (tertiary alicyclic amines) is 1. The first-order valence-electron chi connectivity index (χ1n) is 7.47. The van der Waals surface area contributed by atoms with Gasteiger partial charge in [0.15, 0.2) is 5.65 Å². The molecule has 0 aliphatic carbocycles. The number of hydrogen-bond donors (Lipinski definition) is 1. The third-order valence-electron chi connectivity index (χ3n) is 4.38. The van der Waals surface area contributed by atoms with Crippen LogP contribution in [-0.2, 0) is 13.6 Å². The Labute approximate surface area is 119 Å². The van der Waals surface area contributed by atoms with Crippen molar-refractivity contribution in [2.24, 2.45) is 7.05 Å². The quantitative estimate of drug-likeness (QED) is 0.923. The highest BCUT2D eigenvalue weighted by Crippen LogP contribution is 2.22. The van der Waals surface area contributed by atoms with Crippen LogP contribution in [0.4, 0.5) is 5.95 Å². The van der Waals surface area contributed by atoms with Crippen LogP contribution in [0.25, 0.3) is 11.2 Å². The summed E-state index contributed by atoms with van der Waals surface area (Å²) in [5, 5.41) is 4.44. The summed E-state index contributed by atoms with van der Waals surface area (Å²) >= 11 is 0. The summed E-state index contributed by atoms with van der Waals surface area (Å²) in [6.07, 6.45) is 3.98. The summed E-state index contributed by atoms with van der Waals surface area (Å²) in [5.41, 5.74) is 9.01. The Morgan fingerprint density at radius 2 is 1.95 bits per heavy atom. The van der Waals surface area contributed by atoms with Crippen LogP contribution in [0, 0.1) is 6.92 Å². The fraction of sp³-hybridized carbons (Fsp3) is 0.714. The molecule has 1 aliphatic rings. The lowest BCUT2D eigenvalue weighted by Gasteiger charge is -2.32. The largest absolute Gasteiger partial charge is 0.369 e. The van der Waals surface area contributed by atoms with Gasteiger partial charge in [-0.3, -0.25) is 14.1 Å². The molecule has 0 spiro atoms. The van der Waals surface area contributed by atoms with Gasteiger partial charge in [0.2, 0.25) is 5.95 Å². The smallest absolute Gasteiger partial charge is 0.202 e. The average molecular weight is 276 g/mol. The fourth-order valence-corrected chi connectivity index (χ4v) is 3.27. The first kappa shape index (κ1) is 13.4. The minimum absolute atomic E-state index is 0.477. The maximum atomic E-state index is 6.11. The second kappa shape index (κ2) is 5.09. The highest BCUT2D eigenvalue weighted by molar-refractivity contribution is 5.77. The maximum Gasteiger partial charge on any atom is 0.202 e. The molecule has 3 rings (SSSR count). The van der Waals surface area contributed by atoms with E-state index in [-0.39, 0.29) is 0 Å². The van der Waals surface area contributed by atoms with Gasteiger partial charge in [0, 0.05) is 19.6 Å². The van der Waals surface area contributed by atoms with Gasteiger partial charge in [0.05, 0.1) is 5.69 Å². The summed E-state index contributed by atoms with van der Waals surface area (Å²) in [6.45, 7) is 7.53. The van der Waals surface area contributed by atoms with Gasteiger partial charge < -0.3 is 5.73 Å². The molecule has 0 aromatic carbocycles. The molecule has 2 aromatic rings. The Bertz CT molecular complexity index is 605. The zero-order chi connectivity index (χ0) is 14.3. The average Bonchev–Trinajstić information content (AvgIpc) is 2.90. The van der Waals surface area contributed by atoms with Crippen molar-refractivity contribution in [1.29, 1.82) is 0 Å². The normalized spacial score (nSPS) is 18.8. The van der Waals surface area contributed by atoms with Crippen LogP contribution < -0.4 is 5.73 Å². The molecule has 2 N–H and O–H groups in total. The molecule has 0 radical (unpaired) electrons. The number of nitrogens with zero attached hydrogens (tertiary/aromatic N) is 5. The number of anilines is 1. The topological polar surface area (TPSA) is 64.9 Å². The van der Waals surface area contributed by atoms with Crippen molar-refractivity contribution < 1.29 is 0 Å². The second-order valence-electron chi connectivity index (χ2n) is 5.91. The van der Waals surface area contributed by atoms with E-state index in [2.05, 4.69) is 26.5 Å². The molecule has 1 fully saturated rings. The Kier molecular flexibility index (Phi) is 3.41. The van der Waals surface area contributed by atoms with E-state index in [1.807, 2.05) is 18.7 Å². The Morgan fingerprint density at radius 3 is 2.65 bits per heavy atom. The molecule has 6 nitrogen and oxygen atoms in total. The zero-order valence-electron chi connectivity index (χ0n) is 12.6. The predicted molar refractivity (Wildman–Crippen MR) is 80.5 cm³/mol. The van der Waals surface area contributed by atoms with Crippen LogP contribution in [0.15, 0.2) is 0 Å². The molecule has 1 unspecified atom stereocenters. The van der Waals surface area contributed by atoms with Gasteiger partial charge in [0.25, 0.3) is 0 Å². The van der Waals surface area contributed by atoms with Crippen LogP contribution in [0.2, 0.25) is 0 Å². The number of fused-ring (bicyclic) bond motifs is 1. The van der Waals surface area contributed by atoms with Gasteiger partial charge in [-0.05, 0) is 39.8 Å². The number of aryl methyl sites for hydroxylation is 2. The van der Waals surface area contributed by atoms with E-state index in [1.54, 1.807) is 0 Å². The molecular formula is C14H24N6. The number of hydrogen-bond acceptors (Lipinski definition) is 4. The van der Waals surface area contributed by atoms with Crippen molar-refractivity contribution in [2.75, 3.05) is 18.8 Å². The third-order valence-corrected chi connectivity index (χ3v) is 4.38. The molecule has 2 aromatic heterocycles. The van der Waals surface area contributed by atoms with E-state index < -0.39 is 0 Å². The van der Waals surface area contributed by atoms with E-state index in [9.17, 15) is 0 Å². The molecule has 0 amide bonds. The predicted octanol–water partition coefficient (Wildman–Crippen LogP) is 1.53. The molecular weight excluding hydrogens is 252 g/mol. The number of piperidine rings is 1. The van der Waals surface area contributed by atoms with Gasteiger partial charge in [0.1, 0.15) is 5.52 Å². The number of aromatic nitrogens is 4. The van der Waals surface area contributed by atoms with Crippen molar-refractivity contribution in [3.63, 3.8) is 0 Å². The van der Waals surface area contributed by atoms with E-state index in [4.69, 9.17) is 5.73 Å². The maximum absolute atomic E-state index is 6.11. The molecule has 0 saturated carbocycles. The number of nitrogen functional groups attached to an aromatic ring is 1. The van der Waals surface area contributed by atoms with Crippen LogP contribution in [0.5, 0.6) is 0 Å². The SMILES string of the molecule is Cc1nn(C)c2c1nc(N)n2CC(C)N1CCCCC1. The van der Waals surface area contributed by atoms with Gasteiger partial charge in [-0.1, -0.05) is 6.42 Å². The molecule has 3 heterocycles. The van der Waals surface area contributed by atoms with Crippen molar-refractivity contribution >= 4 is 17.1 Å². The minimum Gasteiger partial charge on any atom is -0.369 e. The lowest BCUT2D eigenvalue weighted by Crippen LogP contribution is -2.40. The molecule has 1 atom stereocenters. The highest BCUT2D eigenvalue weighted by atomic mass is 15.4. The van der Waals surface area contributed by atoms with Gasteiger partial charge >= 0.3 is 0 Å². The van der Waals surface area contributed by atoms with Crippen LogP contribution in [-0.4, -0.2) is 43.4 Å². The Balaban J connectivity index is 1.88. The third kappa shape index (κ3) is 2.18. The molecule has 110 valence electrons. The Hall–Kier alpha value is -1.56. The van der Waals surface area contributed by atoms with Crippen molar-refractivity contribution in [1.82, 2.24) is 24.2 Å². The lowest BCUT2D eigenvalue weighted by atomic mass is 10.1. The standard InChI is InChI=1S/C14H24N6/c1-10(19-7-5-4-6-8-19)9-20-13-12(16-14(20)15)11(2)17-18(13)3/h10H,4-9H2,1-3H3,(H2,15,16). The van der Waals surface area contributed by atoms with Crippen molar-refractivity contribution in [3.05, 3.63) is 5.69 Å². The molecule has 1 aliphatic heterocycles. The first-order chi connectivity index (χ1) is 9.58. The highest BCUT2D eigenvalue weighted by Gasteiger charge is 2.21. The summed E-state index contributed by atoms with van der Waals surface area (Å²) < 4.78 is 3.99.